The number of ether oxygens (including phenoxy) is 1. The van der Waals surface area contributed by atoms with Gasteiger partial charge in [0.05, 0.1) is 28.8 Å². The summed E-state index contributed by atoms with van der Waals surface area (Å²) in [6, 6.07) is 4.17. The molecule has 0 saturated carbocycles. The van der Waals surface area contributed by atoms with Gasteiger partial charge in [0.2, 0.25) is 0 Å². The van der Waals surface area contributed by atoms with E-state index in [4.69, 9.17) is 32.4 Å². The van der Waals surface area contributed by atoms with E-state index in [0.29, 0.717) is 28.6 Å². The number of rotatable bonds is 9. The Morgan fingerprint density at radius 3 is 2.19 bits per heavy atom. The van der Waals surface area contributed by atoms with Gasteiger partial charge in [-0.1, -0.05) is 50.0 Å². The molecule has 1 aromatic carbocycles. The summed E-state index contributed by atoms with van der Waals surface area (Å²) in [4.78, 5) is 14.3. The van der Waals surface area contributed by atoms with Crippen LogP contribution in [0.3, 0.4) is 0 Å². The quantitative estimate of drug-likeness (QED) is 0.398. The second-order valence-corrected chi connectivity index (χ2v) is 16.1. The Labute approximate surface area is 203 Å². The first-order valence-corrected chi connectivity index (χ1v) is 14.5. The normalized spacial score (nSPS) is 14.8. The molecule has 0 aromatic heterocycles. The predicted octanol–water partition coefficient (Wildman–Crippen LogP) is 6.04. The molecule has 0 radical (unpaired) electrons. The first-order chi connectivity index (χ1) is 14.5. The highest BCUT2D eigenvalue weighted by atomic mass is 35.5. The molecule has 9 heteroatoms. The van der Waals surface area contributed by atoms with E-state index in [1.54, 1.807) is 39.0 Å². The second kappa shape index (κ2) is 11.5. The third-order valence-corrected chi connectivity index (χ3v) is 10.9. The Bertz CT molecular complexity index is 762. The number of hydrogen-bond acceptors (Lipinski definition) is 5. The van der Waals surface area contributed by atoms with Crippen LogP contribution in [0.5, 0.6) is 0 Å². The summed E-state index contributed by atoms with van der Waals surface area (Å²) in [7, 11) is -1.99. The largest absolute Gasteiger partial charge is 0.444 e. The van der Waals surface area contributed by atoms with E-state index in [0.717, 1.165) is 0 Å². The summed E-state index contributed by atoms with van der Waals surface area (Å²) in [5.41, 5.74) is -0.137. The van der Waals surface area contributed by atoms with Crippen LogP contribution in [0, 0.1) is 0 Å². The van der Waals surface area contributed by atoms with Crippen molar-refractivity contribution < 1.29 is 24.2 Å². The zero-order chi connectivity index (χ0) is 24.9. The van der Waals surface area contributed by atoms with Crippen LogP contribution in [0.2, 0.25) is 28.2 Å². The summed E-state index contributed by atoms with van der Waals surface area (Å²) in [5.74, 6) is 0. The number of halogens is 2. The third-order valence-electron chi connectivity index (χ3n) is 5.64. The fraction of sp³-hybridized carbons (Fsp3) is 0.696. The maximum Gasteiger partial charge on any atom is 0.410 e. The molecule has 0 spiro atoms. The molecule has 0 fully saturated rings. The van der Waals surface area contributed by atoms with E-state index in [2.05, 4.69) is 33.9 Å². The van der Waals surface area contributed by atoms with Crippen molar-refractivity contribution >= 4 is 37.6 Å². The number of aliphatic hydroxyl groups is 2. The van der Waals surface area contributed by atoms with E-state index in [1.807, 2.05) is 0 Å². The summed E-state index contributed by atoms with van der Waals surface area (Å²) in [5, 5.41) is 21.6. The molecule has 184 valence electrons. The standard InChI is InChI=1S/C23H39Cl2NO5Si/c1-22(2,3)31-21(29)26(12-13-27)20(16-9-10-17(24)18(25)15-16)19(28)11-14-30-32(7,8)23(4,5)6/h9-10,15,19-20,27-28H,11-14H2,1-8H3. The predicted molar refractivity (Wildman–Crippen MR) is 133 cm³/mol. The molecular weight excluding hydrogens is 469 g/mol. The molecule has 0 bridgehead atoms. The molecule has 0 aliphatic heterocycles. The van der Waals surface area contributed by atoms with Gasteiger partial charge in [-0.15, -0.1) is 0 Å². The van der Waals surface area contributed by atoms with Gasteiger partial charge in [-0.25, -0.2) is 4.79 Å². The molecule has 0 aliphatic carbocycles. The third kappa shape index (κ3) is 8.50. The maximum atomic E-state index is 13.0. The van der Waals surface area contributed by atoms with E-state index < -0.39 is 32.2 Å². The number of hydrogen-bond donors (Lipinski definition) is 2. The van der Waals surface area contributed by atoms with Gasteiger partial charge in [-0.2, -0.15) is 0 Å². The molecule has 0 saturated heterocycles. The van der Waals surface area contributed by atoms with Gasteiger partial charge in [-0.05, 0) is 63.0 Å². The number of carbonyl (C=O) groups excluding carboxylic acids is 1. The summed E-state index contributed by atoms with van der Waals surface area (Å²) in [6.45, 7) is 16.1. The molecule has 32 heavy (non-hydrogen) atoms. The lowest BCUT2D eigenvalue weighted by Crippen LogP contribution is -2.46. The van der Waals surface area contributed by atoms with Crippen molar-refractivity contribution in [3.8, 4) is 0 Å². The van der Waals surface area contributed by atoms with Crippen LogP contribution < -0.4 is 0 Å². The molecule has 6 nitrogen and oxygen atoms in total. The zero-order valence-electron chi connectivity index (χ0n) is 20.5. The number of aliphatic hydroxyl groups excluding tert-OH is 2. The van der Waals surface area contributed by atoms with Crippen molar-refractivity contribution in [2.24, 2.45) is 0 Å². The first kappa shape index (κ1) is 29.2. The van der Waals surface area contributed by atoms with E-state index in [9.17, 15) is 15.0 Å². The lowest BCUT2D eigenvalue weighted by Gasteiger charge is -2.38. The van der Waals surface area contributed by atoms with Crippen molar-refractivity contribution in [3.05, 3.63) is 33.8 Å². The molecule has 0 heterocycles. The van der Waals surface area contributed by atoms with Crippen molar-refractivity contribution in [2.45, 2.75) is 83.8 Å². The summed E-state index contributed by atoms with van der Waals surface area (Å²) >= 11 is 12.3. The fourth-order valence-corrected chi connectivity index (χ4v) is 4.26. The number of amides is 1. The molecule has 1 aromatic rings. The maximum absolute atomic E-state index is 13.0. The Kier molecular flexibility index (Phi) is 10.5. The highest BCUT2D eigenvalue weighted by Gasteiger charge is 2.38. The second-order valence-electron chi connectivity index (χ2n) is 10.5. The van der Waals surface area contributed by atoms with Gasteiger partial charge in [0, 0.05) is 13.2 Å². The van der Waals surface area contributed by atoms with Crippen LogP contribution in [0.4, 0.5) is 4.79 Å². The van der Waals surface area contributed by atoms with E-state index >= 15 is 0 Å². The number of carbonyl (C=O) groups is 1. The molecular formula is C23H39Cl2NO5Si. The van der Waals surface area contributed by atoms with Crippen molar-refractivity contribution in [2.75, 3.05) is 19.8 Å². The fourth-order valence-electron chi connectivity index (χ4n) is 2.89. The summed E-state index contributed by atoms with van der Waals surface area (Å²) in [6.07, 6.45) is -1.31. The molecule has 2 atom stereocenters. The molecule has 0 aliphatic rings. The smallest absolute Gasteiger partial charge is 0.410 e. The average molecular weight is 509 g/mol. The van der Waals surface area contributed by atoms with Gasteiger partial charge in [-0.3, -0.25) is 4.90 Å². The van der Waals surface area contributed by atoms with Gasteiger partial charge < -0.3 is 19.4 Å². The molecule has 2 N–H and O–H groups in total. The minimum absolute atomic E-state index is 0.0139. The van der Waals surface area contributed by atoms with E-state index in [1.165, 1.54) is 4.90 Å². The van der Waals surface area contributed by atoms with Gasteiger partial charge >= 0.3 is 6.09 Å². The lowest BCUT2D eigenvalue weighted by molar-refractivity contribution is -0.0152. The molecule has 1 rings (SSSR count). The lowest BCUT2D eigenvalue weighted by atomic mass is 9.97. The van der Waals surface area contributed by atoms with Gasteiger partial charge in [0.25, 0.3) is 0 Å². The minimum atomic E-state index is -1.99. The highest BCUT2D eigenvalue weighted by molar-refractivity contribution is 6.74. The van der Waals surface area contributed by atoms with Crippen LogP contribution in [0.15, 0.2) is 18.2 Å². The van der Waals surface area contributed by atoms with E-state index in [-0.39, 0.29) is 18.2 Å². The van der Waals surface area contributed by atoms with Crippen LogP contribution in [0.1, 0.15) is 59.6 Å². The van der Waals surface area contributed by atoms with Crippen molar-refractivity contribution in [3.63, 3.8) is 0 Å². The van der Waals surface area contributed by atoms with Crippen molar-refractivity contribution in [1.82, 2.24) is 4.90 Å². The van der Waals surface area contributed by atoms with Crippen LogP contribution in [-0.2, 0) is 9.16 Å². The zero-order valence-corrected chi connectivity index (χ0v) is 23.0. The monoisotopic (exact) mass is 507 g/mol. The Morgan fingerprint density at radius 1 is 1.12 bits per heavy atom. The summed E-state index contributed by atoms with van der Waals surface area (Å²) < 4.78 is 11.8. The number of nitrogens with zero attached hydrogens (tertiary/aromatic N) is 1. The van der Waals surface area contributed by atoms with Crippen LogP contribution in [0.25, 0.3) is 0 Å². The van der Waals surface area contributed by atoms with Gasteiger partial charge in [0.1, 0.15) is 5.60 Å². The molecule has 1 amide bonds. The van der Waals surface area contributed by atoms with Crippen molar-refractivity contribution in [1.29, 1.82) is 0 Å². The minimum Gasteiger partial charge on any atom is -0.444 e. The van der Waals surface area contributed by atoms with Gasteiger partial charge in [0.15, 0.2) is 8.32 Å². The average Bonchev–Trinajstić information content (AvgIpc) is 2.61. The molecule has 2 unspecified atom stereocenters. The Morgan fingerprint density at radius 2 is 1.72 bits per heavy atom. The van der Waals surface area contributed by atoms with Crippen LogP contribution in [-0.4, -0.2) is 61.0 Å². The first-order valence-electron chi connectivity index (χ1n) is 10.9. The van der Waals surface area contributed by atoms with Crippen LogP contribution >= 0.6 is 23.2 Å². The Hall–Kier alpha value is -0.833. The highest BCUT2D eigenvalue weighted by Crippen LogP contribution is 2.37. The SMILES string of the molecule is CC(C)(C)OC(=O)N(CCO)C(c1ccc(Cl)c(Cl)c1)C(O)CCO[Si](C)(C)C(C)(C)C. The topological polar surface area (TPSA) is 79.2 Å². The number of benzene rings is 1. The Balaban J connectivity index is 3.23.